The molecule has 35 heavy (non-hydrogen) atoms. The van der Waals surface area contributed by atoms with E-state index in [9.17, 15) is 4.79 Å². The lowest BCUT2D eigenvalue weighted by atomic mass is 9.85. The lowest BCUT2D eigenvalue weighted by Gasteiger charge is -2.35. The molecule has 0 saturated carbocycles. The van der Waals surface area contributed by atoms with Crippen molar-refractivity contribution in [1.82, 2.24) is 19.7 Å². The van der Waals surface area contributed by atoms with Gasteiger partial charge in [0.05, 0.1) is 35.7 Å². The van der Waals surface area contributed by atoms with Gasteiger partial charge in [-0.1, -0.05) is 6.07 Å². The summed E-state index contributed by atoms with van der Waals surface area (Å²) < 4.78 is 7.59. The summed E-state index contributed by atoms with van der Waals surface area (Å²) in [5, 5.41) is 4.60. The zero-order chi connectivity index (χ0) is 23.5. The largest absolute Gasteiger partial charge is 0.381 e. The Hall–Kier alpha value is -3.65. The van der Waals surface area contributed by atoms with E-state index in [1.165, 1.54) is 12.1 Å². The van der Waals surface area contributed by atoms with Crippen LogP contribution < -0.4 is 9.80 Å². The van der Waals surface area contributed by atoms with Crippen LogP contribution in [0.5, 0.6) is 0 Å². The van der Waals surface area contributed by atoms with Gasteiger partial charge >= 0.3 is 0 Å². The summed E-state index contributed by atoms with van der Waals surface area (Å²) in [5.74, 6) is -0.0396. The molecule has 8 rings (SSSR count). The number of hydrogen-bond donors (Lipinski definition) is 1. The first-order valence-electron chi connectivity index (χ1n) is 12.3. The first-order chi connectivity index (χ1) is 17.0. The number of benzene rings is 2. The van der Waals surface area contributed by atoms with E-state index in [1.54, 1.807) is 6.33 Å². The van der Waals surface area contributed by atoms with E-state index >= 15 is 0 Å². The monoisotopic (exact) mass is 466 g/mol. The number of rotatable bonds is 1. The number of aromatic nitrogens is 4. The van der Waals surface area contributed by atoms with Crippen molar-refractivity contribution in [3.05, 3.63) is 59.2 Å². The van der Waals surface area contributed by atoms with E-state index in [0.717, 1.165) is 77.4 Å². The molecule has 2 aromatic carbocycles. The molecule has 1 amide bonds. The minimum atomic E-state index is -0.174. The molecule has 1 spiro atoms. The Labute approximate surface area is 202 Å². The first kappa shape index (κ1) is 19.6. The Morgan fingerprint density at radius 3 is 2.97 bits per heavy atom. The minimum Gasteiger partial charge on any atom is -0.381 e. The number of hydrogen-bond acceptors (Lipinski definition) is 5. The molecular weight excluding hydrogens is 440 g/mol. The van der Waals surface area contributed by atoms with Crippen LogP contribution >= 0.6 is 0 Å². The number of carbonyl (C=O) groups is 1. The fourth-order valence-electron chi connectivity index (χ4n) is 6.80. The van der Waals surface area contributed by atoms with Gasteiger partial charge in [0, 0.05) is 54.7 Å². The fourth-order valence-corrected chi connectivity index (χ4v) is 6.80. The number of imidazole rings is 1. The zero-order valence-electron chi connectivity index (χ0n) is 19.8. The second-order valence-corrected chi connectivity index (χ2v) is 10.6. The number of nitrogens with zero attached hydrogens (tertiary/aromatic N) is 5. The highest BCUT2D eigenvalue weighted by Gasteiger charge is 2.48. The van der Waals surface area contributed by atoms with E-state index in [1.807, 2.05) is 22.7 Å². The minimum absolute atomic E-state index is 0.0396. The molecule has 2 atom stereocenters. The molecule has 8 nitrogen and oxygen atoms in total. The number of anilines is 2. The Morgan fingerprint density at radius 1 is 1.20 bits per heavy atom. The number of carbonyl (C=O) groups excluding carboxylic acids is 1. The maximum Gasteiger partial charge on any atom is 0.280 e. The van der Waals surface area contributed by atoms with Gasteiger partial charge in [0.1, 0.15) is 0 Å². The predicted octanol–water partition coefficient (Wildman–Crippen LogP) is 3.95. The highest BCUT2D eigenvalue weighted by Crippen LogP contribution is 2.54. The summed E-state index contributed by atoms with van der Waals surface area (Å²) in [4.78, 5) is 26.0. The first-order valence-corrected chi connectivity index (χ1v) is 12.3. The maximum absolute atomic E-state index is 13.7. The molecule has 6 heterocycles. The van der Waals surface area contributed by atoms with E-state index < -0.39 is 0 Å². The molecule has 0 aliphatic carbocycles. The highest BCUT2D eigenvalue weighted by atomic mass is 16.5. The third-order valence-electron chi connectivity index (χ3n) is 8.75. The number of ether oxygens (including phenoxy) is 1. The normalized spacial score (nSPS) is 24.4. The second kappa shape index (κ2) is 6.51. The number of amides is 1. The fraction of sp³-hybridized carbons (Fsp3) is 0.370. The molecule has 2 saturated heterocycles. The van der Waals surface area contributed by atoms with Crippen LogP contribution in [0.1, 0.15) is 46.2 Å². The molecule has 176 valence electrons. The molecule has 4 aliphatic rings. The summed E-state index contributed by atoms with van der Waals surface area (Å²) in [6.07, 6.45) is 4.05. The van der Waals surface area contributed by atoms with Crippen LogP contribution in [0.3, 0.4) is 0 Å². The Bertz CT molecular complexity index is 1560. The third kappa shape index (κ3) is 2.42. The predicted molar refractivity (Wildman–Crippen MR) is 133 cm³/mol. The van der Waals surface area contributed by atoms with Crippen LogP contribution in [0, 0.1) is 12.3 Å². The Kier molecular flexibility index (Phi) is 3.65. The smallest absolute Gasteiger partial charge is 0.280 e. The summed E-state index contributed by atoms with van der Waals surface area (Å²) >= 11 is 0. The summed E-state index contributed by atoms with van der Waals surface area (Å²) in [6.45, 7) is 5.87. The standard InChI is InChI=1S/C27H26N6O2/c1-15-21-24(30-31(15)2)26(34)33-20-6-5-19-23(29-14-28-19)22(20)18-11-16(3-4-17(18)25(21)33)32-9-7-27(12-32)8-10-35-13-27/h3-6,11,14,25H,7-10,12-13H2,1-2H3,(H,28,29). The van der Waals surface area contributed by atoms with E-state index in [-0.39, 0.29) is 11.9 Å². The van der Waals surface area contributed by atoms with Gasteiger partial charge in [0.15, 0.2) is 5.69 Å². The summed E-state index contributed by atoms with van der Waals surface area (Å²) in [6, 6.07) is 10.7. The lowest BCUT2D eigenvalue weighted by Crippen LogP contribution is -2.33. The molecule has 4 aromatic rings. The molecule has 4 aliphatic heterocycles. The average molecular weight is 467 g/mol. The van der Waals surface area contributed by atoms with Crippen LogP contribution in [0.4, 0.5) is 11.4 Å². The highest BCUT2D eigenvalue weighted by molar-refractivity contribution is 6.17. The second-order valence-electron chi connectivity index (χ2n) is 10.6. The van der Waals surface area contributed by atoms with Gasteiger partial charge < -0.3 is 14.6 Å². The number of aromatic amines is 1. The van der Waals surface area contributed by atoms with Crippen LogP contribution in [0.25, 0.3) is 22.2 Å². The Morgan fingerprint density at radius 2 is 2.11 bits per heavy atom. The molecule has 2 aromatic heterocycles. The van der Waals surface area contributed by atoms with Gasteiger partial charge in [-0.25, -0.2) is 4.98 Å². The van der Waals surface area contributed by atoms with Crippen LogP contribution in [0.15, 0.2) is 36.7 Å². The number of nitrogens with one attached hydrogen (secondary N) is 1. The van der Waals surface area contributed by atoms with Crippen LogP contribution in [0.2, 0.25) is 0 Å². The van der Waals surface area contributed by atoms with E-state index in [2.05, 4.69) is 51.2 Å². The van der Waals surface area contributed by atoms with Gasteiger partial charge in [-0.3, -0.25) is 14.4 Å². The number of H-pyrrole nitrogens is 1. The van der Waals surface area contributed by atoms with Gasteiger partial charge in [0.2, 0.25) is 0 Å². The Balaban J connectivity index is 1.35. The van der Waals surface area contributed by atoms with Gasteiger partial charge in [0.25, 0.3) is 5.91 Å². The topological polar surface area (TPSA) is 79.3 Å². The average Bonchev–Trinajstić information content (AvgIpc) is 3.69. The lowest BCUT2D eigenvalue weighted by molar-refractivity contribution is 0.0987. The van der Waals surface area contributed by atoms with Crippen molar-refractivity contribution in [2.24, 2.45) is 12.5 Å². The molecule has 0 bridgehead atoms. The zero-order valence-corrected chi connectivity index (χ0v) is 19.8. The van der Waals surface area contributed by atoms with Crippen molar-refractivity contribution in [2.45, 2.75) is 25.8 Å². The molecule has 2 unspecified atom stereocenters. The van der Waals surface area contributed by atoms with Gasteiger partial charge in [-0.2, -0.15) is 5.10 Å². The van der Waals surface area contributed by atoms with Crippen molar-refractivity contribution >= 4 is 28.3 Å². The molecule has 2 fully saturated rings. The van der Waals surface area contributed by atoms with Gasteiger partial charge in [-0.15, -0.1) is 0 Å². The van der Waals surface area contributed by atoms with E-state index in [4.69, 9.17) is 4.74 Å². The summed E-state index contributed by atoms with van der Waals surface area (Å²) in [7, 11) is 1.91. The van der Waals surface area contributed by atoms with E-state index in [0.29, 0.717) is 11.1 Å². The van der Waals surface area contributed by atoms with Crippen molar-refractivity contribution in [3.63, 3.8) is 0 Å². The van der Waals surface area contributed by atoms with Crippen LogP contribution in [-0.4, -0.2) is 52.0 Å². The molecule has 1 N–H and O–H groups in total. The quantitative estimate of drug-likeness (QED) is 0.460. The molecule has 0 radical (unpaired) electrons. The van der Waals surface area contributed by atoms with Crippen LogP contribution in [-0.2, 0) is 11.8 Å². The number of fused-ring (bicyclic) bond motifs is 10. The van der Waals surface area contributed by atoms with Crippen molar-refractivity contribution in [3.8, 4) is 11.1 Å². The SMILES string of the molecule is Cc1c2c(nn1C)C(=O)N1c3ccc4[nH]cnc4c3-c3cc(N4CCC5(CCOC5)C4)ccc3C21. The van der Waals surface area contributed by atoms with Crippen molar-refractivity contribution < 1.29 is 9.53 Å². The summed E-state index contributed by atoms with van der Waals surface area (Å²) in [5.41, 5.74) is 10.2. The molecular formula is C27H26N6O2. The van der Waals surface area contributed by atoms with Gasteiger partial charge in [-0.05, 0) is 55.2 Å². The molecule has 8 heteroatoms. The number of aryl methyl sites for hydroxylation is 1. The maximum atomic E-state index is 13.7. The van der Waals surface area contributed by atoms with Crippen molar-refractivity contribution in [2.75, 3.05) is 36.1 Å². The third-order valence-corrected chi connectivity index (χ3v) is 8.75. The van der Waals surface area contributed by atoms with Crippen molar-refractivity contribution in [1.29, 1.82) is 0 Å².